The molecule has 128 valence electrons. The summed E-state index contributed by atoms with van der Waals surface area (Å²) in [6, 6.07) is 12.0. The van der Waals surface area contributed by atoms with Crippen molar-refractivity contribution in [3.63, 3.8) is 0 Å². The smallest absolute Gasteiger partial charge is 0.336 e. The molecule has 0 saturated heterocycles. The molecule has 3 rings (SSSR count). The third-order valence-electron chi connectivity index (χ3n) is 4.00. The number of benzene rings is 2. The van der Waals surface area contributed by atoms with Gasteiger partial charge in [-0.15, -0.1) is 0 Å². The van der Waals surface area contributed by atoms with E-state index < -0.39 is 17.8 Å². The van der Waals surface area contributed by atoms with Gasteiger partial charge >= 0.3 is 5.97 Å². The van der Waals surface area contributed by atoms with E-state index in [0.29, 0.717) is 10.8 Å². The minimum Gasteiger partial charge on any atom is -0.493 e. The third kappa shape index (κ3) is 3.38. The molecule has 0 unspecified atom stereocenters. The second-order valence-electron chi connectivity index (χ2n) is 5.76. The summed E-state index contributed by atoms with van der Waals surface area (Å²) < 4.78 is 5.50. The monoisotopic (exact) mass is 339 g/mol. The average Bonchev–Trinajstić information content (AvgIpc) is 2.83. The van der Waals surface area contributed by atoms with E-state index in [1.807, 2.05) is 32.0 Å². The maximum atomic E-state index is 12.1. The normalized spacial score (nSPS) is 13.0. The van der Waals surface area contributed by atoms with Crippen molar-refractivity contribution in [1.29, 1.82) is 0 Å². The number of amides is 2. The van der Waals surface area contributed by atoms with Crippen molar-refractivity contribution in [2.24, 2.45) is 0 Å². The molecule has 1 aliphatic heterocycles. The van der Waals surface area contributed by atoms with Crippen molar-refractivity contribution in [3.05, 3.63) is 64.7 Å². The van der Waals surface area contributed by atoms with E-state index in [1.165, 1.54) is 12.1 Å². The summed E-state index contributed by atoms with van der Waals surface area (Å²) >= 11 is 0. The summed E-state index contributed by atoms with van der Waals surface area (Å²) in [6.45, 7) is 4.06. The Morgan fingerprint density at radius 2 is 1.60 bits per heavy atom. The first kappa shape index (κ1) is 16.7. The zero-order valence-electron chi connectivity index (χ0n) is 13.9. The third-order valence-corrected chi connectivity index (χ3v) is 4.00. The molecule has 6 heteroatoms. The molecule has 0 spiro atoms. The summed E-state index contributed by atoms with van der Waals surface area (Å²) in [7, 11) is 0. The molecule has 2 aromatic carbocycles. The second kappa shape index (κ2) is 6.76. The topological polar surface area (TPSA) is 72.9 Å². The fourth-order valence-electron chi connectivity index (χ4n) is 2.45. The Kier molecular flexibility index (Phi) is 4.52. The predicted octanol–water partition coefficient (Wildman–Crippen LogP) is 2.83. The molecule has 1 aliphatic rings. The maximum absolute atomic E-state index is 12.1. The number of rotatable bonds is 5. The molecule has 0 N–H and O–H groups in total. The maximum Gasteiger partial charge on any atom is 0.336 e. The number of hydrogen-bond donors (Lipinski definition) is 0. The summed E-state index contributed by atoms with van der Waals surface area (Å²) in [5, 5.41) is 0.503. The molecule has 2 amide bonds. The molecule has 0 bridgehead atoms. The first-order valence-corrected chi connectivity index (χ1v) is 7.86. The minimum atomic E-state index is -0.710. The Bertz CT molecular complexity index is 824. The predicted molar refractivity (Wildman–Crippen MR) is 89.1 cm³/mol. The van der Waals surface area contributed by atoms with Crippen molar-refractivity contribution >= 4 is 17.8 Å². The van der Waals surface area contributed by atoms with Gasteiger partial charge in [-0.05, 0) is 49.2 Å². The van der Waals surface area contributed by atoms with Crippen LogP contribution in [0.15, 0.2) is 42.5 Å². The fourth-order valence-corrected chi connectivity index (χ4v) is 2.45. The van der Waals surface area contributed by atoms with E-state index in [1.54, 1.807) is 12.1 Å². The van der Waals surface area contributed by atoms with Crippen LogP contribution in [0.2, 0.25) is 0 Å². The molecule has 25 heavy (non-hydrogen) atoms. The summed E-state index contributed by atoms with van der Waals surface area (Å²) in [5.74, 6) is -1.33. The average molecular weight is 339 g/mol. The summed E-state index contributed by atoms with van der Waals surface area (Å²) in [5.41, 5.74) is 2.70. The van der Waals surface area contributed by atoms with Gasteiger partial charge in [-0.25, -0.2) is 4.79 Å². The molecular formula is C19H17NO5. The van der Waals surface area contributed by atoms with Crippen LogP contribution in [0.3, 0.4) is 0 Å². The van der Waals surface area contributed by atoms with E-state index in [-0.39, 0.29) is 24.2 Å². The fraction of sp³-hybridized carbons (Fsp3) is 0.211. The van der Waals surface area contributed by atoms with Crippen LogP contribution in [0.25, 0.3) is 0 Å². The van der Waals surface area contributed by atoms with Gasteiger partial charge < -0.3 is 9.57 Å². The van der Waals surface area contributed by atoms with Crippen LogP contribution in [-0.2, 0) is 9.63 Å². The van der Waals surface area contributed by atoms with E-state index >= 15 is 0 Å². The lowest BCUT2D eigenvalue weighted by Crippen LogP contribution is -2.33. The van der Waals surface area contributed by atoms with E-state index in [2.05, 4.69) is 0 Å². The molecule has 0 saturated carbocycles. The summed E-state index contributed by atoms with van der Waals surface area (Å²) in [6.07, 6.45) is -0.0830. The zero-order valence-corrected chi connectivity index (χ0v) is 13.9. The standard InChI is InChI=1S/C19H17NO5/c1-12-7-8-14(11-13(12)2)24-10-9-17(21)25-20-18(22)15-5-3-4-6-16(15)19(20)23/h3-8,11H,9-10H2,1-2H3. The van der Waals surface area contributed by atoms with Crippen molar-refractivity contribution in [2.75, 3.05) is 6.61 Å². The molecule has 0 fully saturated rings. The highest BCUT2D eigenvalue weighted by Crippen LogP contribution is 2.23. The lowest BCUT2D eigenvalue weighted by molar-refractivity contribution is -0.169. The first-order chi connectivity index (χ1) is 12.0. The highest BCUT2D eigenvalue weighted by atomic mass is 16.7. The Balaban J connectivity index is 1.54. The van der Waals surface area contributed by atoms with Crippen molar-refractivity contribution in [3.8, 4) is 5.75 Å². The van der Waals surface area contributed by atoms with Crippen LogP contribution >= 0.6 is 0 Å². The Morgan fingerprint density at radius 3 is 2.20 bits per heavy atom. The molecule has 0 radical (unpaired) electrons. The largest absolute Gasteiger partial charge is 0.493 e. The molecule has 0 aliphatic carbocycles. The number of carbonyl (C=O) groups excluding carboxylic acids is 3. The number of ether oxygens (including phenoxy) is 1. The van der Waals surface area contributed by atoms with Gasteiger partial charge in [0.05, 0.1) is 24.2 Å². The van der Waals surface area contributed by atoms with Gasteiger partial charge in [0.1, 0.15) is 5.75 Å². The van der Waals surface area contributed by atoms with Crippen molar-refractivity contribution < 1.29 is 24.0 Å². The number of hydroxylamine groups is 2. The van der Waals surface area contributed by atoms with E-state index in [0.717, 1.165) is 11.1 Å². The second-order valence-corrected chi connectivity index (χ2v) is 5.76. The molecule has 2 aromatic rings. The lowest BCUT2D eigenvalue weighted by atomic mass is 10.1. The van der Waals surface area contributed by atoms with Crippen LogP contribution in [0.1, 0.15) is 38.3 Å². The van der Waals surface area contributed by atoms with Gasteiger partial charge in [-0.1, -0.05) is 23.3 Å². The van der Waals surface area contributed by atoms with E-state index in [9.17, 15) is 14.4 Å². The van der Waals surface area contributed by atoms with Gasteiger partial charge in [0.2, 0.25) is 0 Å². The van der Waals surface area contributed by atoms with Crippen LogP contribution in [0.4, 0.5) is 0 Å². The number of imide groups is 1. The van der Waals surface area contributed by atoms with Crippen molar-refractivity contribution in [2.45, 2.75) is 20.3 Å². The molecular weight excluding hydrogens is 322 g/mol. The van der Waals surface area contributed by atoms with Crippen LogP contribution in [-0.4, -0.2) is 29.5 Å². The minimum absolute atomic E-state index is 0.0830. The van der Waals surface area contributed by atoms with Gasteiger partial charge in [-0.3, -0.25) is 9.59 Å². The van der Waals surface area contributed by atoms with Gasteiger partial charge in [0.25, 0.3) is 11.8 Å². The molecule has 0 aromatic heterocycles. The molecule has 6 nitrogen and oxygen atoms in total. The Hall–Kier alpha value is -3.15. The quantitative estimate of drug-likeness (QED) is 0.783. The van der Waals surface area contributed by atoms with Crippen LogP contribution < -0.4 is 4.74 Å². The number of fused-ring (bicyclic) bond motifs is 1. The van der Waals surface area contributed by atoms with Gasteiger partial charge in [-0.2, -0.15) is 0 Å². The van der Waals surface area contributed by atoms with Crippen molar-refractivity contribution in [1.82, 2.24) is 5.06 Å². The highest BCUT2D eigenvalue weighted by molar-refractivity contribution is 6.20. The highest BCUT2D eigenvalue weighted by Gasteiger charge is 2.38. The number of carbonyl (C=O) groups is 3. The molecule has 1 heterocycles. The number of aryl methyl sites for hydroxylation is 2. The zero-order chi connectivity index (χ0) is 18.0. The number of nitrogens with zero attached hydrogens (tertiary/aromatic N) is 1. The lowest BCUT2D eigenvalue weighted by Gasteiger charge is -2.13. The van der Waals surface area contributed by atoms with Gasteiger partial charge in [0, 0.05) is 0 Å². The Labute approximate surface area is 144 Å². The number of hydrogen-bond acceptors (Lipinski definition) is 5. The van der Waals surface area contributed by atoms with Crippen LogP contribution in [0, 0.1) is 13.8 Å². The Morgan fingerprint density at radius 1 is 0.960 bits per heavy atom. The summed E-state index contributed by atoms with van der Waals surface area (Å²) in [4.78, 5) is 41.0. The SMILES string of the molecule is Cc1ccc(OCCC(=O)ON2C(=O)c3ccccc3C2=O)cc1C. The molecule has 0 atom stereocenters. The first-order valence-electron chi connectivity index (χ1n) is 7.86. The van der Waals surface area contributed by atoms with Gasteiger partial charge in [0.15, 0.2) is 0 Å². The van der Waals surface area contributed by atoms with E-state index in [4.69, 9.17) is 9.57 Å². The van der Waals surface area contributed by atoms with Crippen LogP contribution in [0.5, 0.6) is 5.75 Å².